The molecule has 0 atom stereocenters. The summed E-state index contributed by atoms with van der Waals surface area (Å²) in [6.45, 7) is 6.20. The summed E-state index contributed by atoms with van der Waals surface area (Å²) in [6.07, 6.45) is -4.75. The van der Waals surface area contributed by atoms with Gasteiger partial charge in [0.1, 0.15) is 5.54 Å². The maximum atomic E-state index is 13.5. The third kappa shape index (κ3) is 4.40. The van der Waals surface area contributed by atoms with Crippen molar-refractivity contribution < 1.29 is 19.4 Å². The summed E-state index contributed by atoms with van der Waals surface area (Å²) in [5.74, 6) is -0.464. The van der Waals surface area contributed by atoms with E-state index in [-0.39, 0.29) is 12.2 Å². The minimum atomic E-state index is -4.75. The maximum Gasteiger partial charge on any atom is 0.417 e. The van der Waals surface area contributed by atoms with Crippen molar-refractivity contribution in [1.29, 1.82) is 5.26 Å². The van der Waals surface area contributed by atoms with Gasteiger partial charge in [0, 0.05) is 19.3 Å². The molecule has 5 nitrogen and oxygen atoms in total. The van der Waals surface area contributed by atoms with Gasteiger partial charge in [0.15, 0.2) is 5.11 Å². The Balaban J connectivity index is 0.00000380. The van der Waals surface area contributed by atoms with Crippen molar-refractivity contribution in [2.45, 2.75) is 32.5 Å². The number of halogens is 3. The molecule has 36 heavy (non-hydrogen) atoms. The monoisotopic (exact) mass is 510 g/mol. The Kier molecular flexibility index (Phi) is 6.50. The zero-order valence-corrected chi connectivity index (χ0v) is 20.7. The van der Waals surface area contributed by atoms with Gasteiger partial charge in [0.2, 0.25) is 0 Å². The average Bonchev–Trinajstić information content (AvgIpc) is 3.02. The molecule has 0 unspecified atom stereocenters. The number of alkyl halides is 3. The Morgan fingerprint density at radius 3 is 2.08 bits per heavy atom. The summed E-state index contributed by atoms with van der Waals surface area (Å²) in [6, 6.07) is 20.2. The summed E-state index contributed by atoms with van der Waals surface area (Å²) in [5.41, 5.74) is 0.836. The normalized spacial score (nSPS) is 15.2. The molecule has 0 bridgehead atoms. The zero-order valence-electron chi connectivity index (χ0n) is 19.8. The standard InChI is InChI=1S/C27H23F3N4OS.H2/c1-4-32-20-10-5-17(6-11-20)18-7-12-21(13-8-18)34-25(36)33(24(35)26(34,2)3)22-14-9-19(16-31)23(15-22)27(28,29)30;/h5-15,32H,4H2,1-3H3;1H. The van der Waals surface area contributed by atoms with Crippen LogP contribution >= 0.6 is 12.2 Å². The Labute approximate surface area is 214 Å². The SMILES string of the molecule is CCNc1ccc(-c2ccc(N3C(=S)N(c4ccc(C#N)c(C(F)(F)F)c4)C(=O)C3(C)C)cc2)cc1.[HH]. The number of nitrogens with zero attached hydrogens (tertiary/aromatic N) is 3. The molecule has 1 amide bonds. The van der Waals surface area contributed by atoms with E-state index in [1.54, 1.807) is 24.8 Å². The molecule has 0 aliphatic carbocycles. The minimum absolute atomic E-state index is 0. The molecule has 1 aliphatic heterocycles. The molecule has 0 aromatic heterocycles. The van der Waals surface area contributed by atoms with Gasteiger partial charge in [-0.2, -0.15) is 18.4 Å². The van der Waals surface area contributed by atoms with Crippen molar-refractivity contribution in [3.8, 4) is 17.2 Å². The number of nitrogens with one attached hydrogen (secondary N) is 1. The number of hydrogen-bond donors (Lipinski definition) is 1. The van der Waals surface area contributed by atoms with E-state index in [9.17, 15) is 18.0 Å². The predicted octanol–water partition coefficient (Wildman–Crippen LogP) is 6.84. The van der Waals surface area contributed by atoms with Crippen molar-refractivity contribution in [3.05, 3.63) is 77.9 Å². The number of carbonyl (C=O) groups is 1. The van der Waals surface area contributed by atoms with Gasteiger partial charge in [-0.25, -0.2) is 0 Å². The van der Waals surface area contributed by atoms with E-state index in [1.807, 2.05) is 55.5 Å². The first-order valence-electron chi connectivity index (χ1n) is 11.2. The van der Waals surface area contributed by atoms with Gasteiger partial charge < -0.3 is 10.2 Å². The fraction of sp³-hybridized carbons (Fsp3) is 0.222. The van der Waals surface area contributed by atoms with E-state index in [1.165, 1.54) is 6.07 Å². The smallest absolute Gasteiger partial charge is 0.385 e. The van der Waals surface area contributed by atoms with Crippen LogP contribution in [0.3, 0.4) is 0 Å². The van der Waals surface area contributed by atoms with Gasteiger partial charge in [-0.05, 0) is 86.6 Å². The van der Waals surface area contributed by atoms with Crippen LogP contribution in [0.25, 0.3) is 11.1 Å². The fourth-order valence-corrected chi connectivity index (χ4v) is 4.77. The lowest BCUT2D eigenvalue weighted by atomic mass is 10.0. The van der Waals surface area contributed by atoms with Gasteiger partial charge in [-0.1, -0.05) is 24.3 Å². The quantitative estimate of drug-likeness (QED) is 0.381. The Bertz CT molecular complexity index is 1370. The highest BCUT2D eigenvalue weighted by molar-refractivity contribution is 7.81. The lowest BCUT2D eigenvalue weighted by molar-refractivity contribution is -0.137. The number of thiocarbonyl (C=S) groups is 1. The highest BCUT2D eigenvalue weighted by atomic mass is 32.1. The summed E-state index contributed by atoms with van der Waals surface area (Å²) in [7, 11) is 0. The van der Waals surface area contributed by atoms with Crippen molar-refractivity contribution in [2.75, 3.05) is 21.7 Å². The first-order chi connectivity index (χ1) is 17.0. The van der Waals surface area contributed by atoms with Crippen molar-refractivity contribution in [3.63, 3.8) is 0 Å². The highest BCUT2D eigenvalue weighted by Gasteiger charge is 2.50. The van der Waals surface area contributed by atoms with Crippen LogP contribution in [0, 0.1) is 11.3 Å². The van der Waals surface area contributed by atoms with Crippen LogP contribution in [-0.4, -0.2) is 23.1 Å². The largest absolute Gasteiger partial charge is 0.417 e. The summed E-state index contributed by atoms with van der Waals surface area (Å²) >= 11 is 5.59. The van der Waals surface area contributed by atoms with Crippen LogP contribution in [0.5, 0.6) is 0 Å². The number of anilines is 3. The fourth-order valence-electron chi connectivity index (χ4n) is 4.25. The highest BCUT2D eigenvalue weighted by Crippen LogP contribution is 2.40. The van der Waals surface area contributed by atoms with Crippen LogP contribution in [-0.2, 0) is 11.0 Å². The molecular formula is C27H25F3N4OS. The number of nitriles is 1. The van der Waals surface area contributed by atoms with E-state index in [2.05, 4.69) is 5.32 Å². The lowest BCUT2D eigenvalue weighted by Gasteiger charge is -2.29. The topological polar surface area (TPSA) is 59.4 Å². The third-order valence-electron chi connectivity index (χ3n) is 6.08. The Morgan fingerprint density at radius 1 is 1.00 bits per heavy atom. The van der Waals surface area contributed by atoms with E-state index in [0.717, 1.165) is 40.4 Å². The van der Waals surface area contributed by atoms with Gasteiger partial charge in [0.25, 0.3) is 5.91 Å². The second-order valence-electron chi connectivity index (χ2n) is 8.81. The number of benzene rings is 3. The average molecular weight is 511 g/mol. The molecule has 3 aromatic rings. The molecular weight excluding hydrogens is 485 g/mol. The summed E-state index contributed by atoms with van der Waals surface area (Å²) < 4.78 is 40.6. The molecule has 1 heterocycles. The molecule has 9 heteroatoms. The van der Waals surface area contributed by atoms with Gasteiger partial charge in [0.05, 0.1) is 22.9 Å². The molecule has 3 aromatic carbocycles. The second-order valence-corrected chi connectivity index (χ2v) is 9.18. The Morgan fingerprint density at radius 2 is 1.56 bits per heavy atom. The Hall–Kier alpha value is -3.90. The first kappa shape index (κ1) is 25.2. The van der Waals surface area contributed by atoms with E-state index in [0.29, 0.717) is 5.69 Å². The van der Waals surface area contributed by atoms with Gasteiger partial charge in [-0.15, -0.1) is 0 Å². The van der Waals surface area contributed by atoms with E-state index >= 15 is 0 Å². The van der Waals surface area contributed by atoms with Crippen molar-refractivity contribution in [1.82, 2.24) is 0 Å². The maximum absolute atomic E-state index is 13.5. The number of hydrogen-bond acceptors (Lipinski definition) is 4. The number of rotatable bonds is 5. The number of carbonyl (C=O) groups excluding carboxylic acids is 1. The van der Waals surface area contributed by atoms with Crippen LogP contribution in [0.2, 0.25) is 0 Å². The third-order valence-corrected chi connectivity index (χ3v) is 6.45. The predicted molar refractivity (Wildman–Crippen MR) is 141 cm³/mol. The number of amides is 1. The molecule has 0 saturated carbocycles. The van der Waals surface area contributed by atoms with Crippen LogP contribution in [0.1, 0.15) is 33.3 Å². The van der Waals surface area contributed by atoms with Crippen molar-refractivity contribution >= 4 is 40.3 Å². The molecule has 1 fully saturated rings. The molecule has 1 N–H and O–H groups in total. The van der Waals surface area contributed by atoms with Crippen LogP contribution in [0.4, 0.5) is 30.2 Å². The summed E-state index contributed by atoms with van der Waals surface area (Å²) in [4.78, 5) is 16.1. The zero-order chi connectivity index (χ0) is 26.3. The molecule has 186 valence electrons. The van der Waals surface area contributed by atoms with E-state index < -0.39 is 28.7 Å². The summed E-state index contributed by atoms with van der Waals surface area (Å²) in [5, 5.41) is 12.4. The van der Waals surface area contributed by atoms with Crippen molar-refractivity contribution in [2.24, 2.45) is 0 Å². The molecule has 4 rings (SSSR count). The van der Waals surface area contributed by atoms with Gasteiger partial charge >= 0.3 is 6.18 Å². The molecule has 0 radical (unpaired) electrons. The lowest BCUT2D eigenvalue weighted by Crippen LogP contribution is -2.44. The minimum Gasteiger partial charge on any atom is -0.385 e. The van der Waals surface area contributed by atoms with Crippen LogP contribution in [0.15, 0.2) is 66.7 Å². The van der Waals surface area contributed by atoms with E-state index in [4.69, 9.17) is 17.5 Å². The first-order valence-corrected chi connectivity index (χ1v) is 11.6. The van der Waals surface area contributed by atoms with Crippen LogP contribution < -0.4 is 15.1 Å². The molecule has 0 spiro atoms. The second kappa shape index (κ2) is 9.28. The van der Waals surface area contributed by atoms with Gasteiger partial charge in [-0.3, -0.25) is 9.69 Å². The molecule has 1 aliphatic rings. The molecule has 1 saturated heterocycles.